The summed E-state index contributed by atoms with van der Waals surface area (Å²) in [4.78, 5) is 0. The van der Waals surface area contributed by atoms with Crippen LogP contribution in [0, 0.1) is 11.3 Å². The molecule has 2 aromatic carbocycles. The average Bonchev–Trinajstić information content (AvgIpc) is 3.30. The molecule has 0 amide bonds. The van der Waals surface area contributed by atoms with Gasteiger partial charge in [-0.2, -0.15) is 0 Å². The highest BCUT2D eigenvalue weighted by Crippen LogP contribution is 2.74. The molecule has 0 bridgehead atoms. The molecule has 2 aromatic rings. The molecule has 126 valence electrons. The molecule has 0 unspecified atom stereocenters. The van der Waals surface area contributed by atoms with E-state index in [1.807, 2.05) is 25.3 Å². The molecule has 1 saturated carbocycles. The molecule has 0 aromatic heterocycles. The van der Waals surface area contributed by atoms with Crippen LogP contribution in [0.4, 0.5) is 0 Å². The minimum atomic E-state index is -0.347. The van der Waals surface area contributed by atoms with Crippen molar-refractivity contribution in [3.05, 3.63) is 65.7 Å². The minimum absolute atomic E-state index is 0.00229. The van der Waals surface area contributed by atoms with Gasteiger partial charge < -0.3 is 14.2 Å². The number of ether oxygens (including phenoxy) is 3. The summed E-state index contributed by atoms with van der Waals surface area (Å²) in [6.45, 7) is 3.02. The van der Waals surface area contributed by atoms with Crippen LogP contribution in [0.2, 0.25) is 0 Å². The lowest BCUT2D eigenvalue weighted by atomic mass is 9.74. The summed E-state index contributed by atoms with van der Waals surface area (Å²) >= 11 is 0. The fourth-order valence-corrected chi connectivity index (χ4v) is 4.65. The third-order valence-electron chi connectivity index (χ3n) is 6.06. The third-order valence-corrected chi connectivity index (χ3v) is 6.06. The molecule has 1 aliphatic carbocycles. The standard InChI is InChI=1S/C21H24O3/c1-20(16-9-11-18(22-2)12-10-16)21(13-17(21)14-24-20)19(23-3)15-7-5-4-6-8-15/h4-12,17,19H,13-14H2,1-3H3/t17-,19+,20-,21-/m1/s1. The van der Waals surface area contributed by atoms with Crippen molar-refractivity contribution in [2.45, 2.75) is 25.0 Å². The summed E-state index contributed by atoms with van der Waals surface area (Å²) in [6, 6.07) is 18.8. The fourth-order valence-electron chi connectivity index (χ4n) is 4.65. The molecule has 1 aliphatic heterocycles. The predicted molar refractivity (Wildman–Crippen MR) is 93.0 cm³/mol. The van der Waals surface area contributed by atoms with Crippen molar-refractivity contribution >= 4 is 0 Å². The van der Waals surface area contributed by atoms with Crippen LogP contribution in [0.15, 0.2) is 54.6 Å². The molecular formula is C21H24O3. The van der Waals surface area contributed by atoms with Crippen molar-refractivity contribution in [2.24, 2.45) is 11.3 Å². The second-order valence-electron chi connectivity index (χ2n) is 7.04. The van der Waals surface area contributed by atoms with Crippen LogP contribution in [0.3, 0.4) is 0 Å². The summed E-state index contributed by atoms with van der Waals surface area (Å²) in [7, 11) is 3.51. The summed E-state index contributed by atoms with van der Waals surface area (Å²) in [5, 5.41) is 0. The van der Waals surface area contributed by atoms with Crippen molar-refractivity contribution in [1.82, 2.24) is 0 Å². The largest absolute Gasteiger partial charge is 0.497 e. The van der Waals surface area contributed by atoms with Crippen molar-refractivity contribution < 1.29 is 14.2 Å². The maximum Gasteiger partial charge on any atom is 0.118 e. The second kappa shape index (κ2) is 5.61. The van der Waals surface area contributed by atoms with Crippen molar-refractivity contribution in [2.75, 3.05) is 20.8 Å². The Morgan fingerprint density at radius 3 is 2.33 bits per heavy atom. The lowest BCUT2D eigenvalue weighted by Gasteiger charge is -2.39. The fraction of sp³-hybridized carbons (Fsp3) is 0.429. The van der Waals surface area contributed by atoms with Crippen LogP contribution >= 0.6 is 0 Å². The highest BCUT2D eigenvalue weighted by molar-refractivity contribution is 5.39. The Kier molecular flexibility index (Phi) is 3.66. The molecule has 3 nitrogen and oxygen atoms in total. The number of rotatable bonds is 5. The zero-order valence-electron chi connectivity index (χ0n) is 14.5. The van der Waals surface area contributed by atoms with Crippen LogP contribution < -0.4 is 4.74 Å². The van der Waals surface area contributed by atoms with Gasteiger partial charge in [0, 0.05) is 12.5 Å². The van der Waals surface area contributed by atoms with Gasteiger partial charge in [-0.1, -0.05) is 42.5 Å². The van der Waals surface area contributed by atoms with Gasteiger partial charge in [0.2, 0.25) is 0 Å². The van der Waals surface area contributed by atoms with Gasteiger partial charge in [-0.05, 0) is 42.5 Å². The average molecular weight is 324 g/mol. The van der Waals surface area contributed by atoms with Crippen molar-refractivity contribution in [3.8, 4) is 5.75 Å². The van der Waals surface area contributed by atoms with Crippen molar-refractivity contribution in [1.29, 1.82) is 0 Å². The molecular weight excluding hydrogens is 300 g/mol. The van der Waals surface area contributed by atoms with E-state index in [9.17, 15) is 0 Å². The van der Waals surface area contributed by atoms with E-state index in [-0.39, 0.29) is 17.1 Å². The Morgan fingerprint density at radius 1 is 1.04 bits per heavy atom. The zero-order valence-corrected chi connectivity index (χ0v) is 14.5. The first-order valence-electron chi connectivity index (χ1n) is 8.52. The van der Waals surface area contributed by atoms with Gasteiger partial charge in [-0.25, -0.2) is 0 Å². The highest BCUT2D eigenvalue weighted by Gasteiger charge is 2.74. The quantitative estimate of drug-likeness (QED) is 0.819. The van der Waals surface area contributed by atoms with E-state index in [2.05, 4.69) is 43.3 Å². The summed E-state index contributed by atoms with van der Waals surface area (Å²) in [5.74, 6) is 1.42. The molecule has 0 spiro atoms. The molecule has 0 radical (unpaired) electrons. The van der Waals surface area contributed by atoms with Crippen LogP contribution in [-0.2, 0) is 15.1 Å². The van der Waals surface area contributed by atoms with E-state index < -0.39 is 0 Å². The Hall–Kier alpha value is -1.84. The highest BCUT2D eigenvalue weighted by atomic mass is 16.5. The van der Waals surface area contributed by atoms with Gasteiger partial charge in [-0.15, -0.1) is 0 Å². The van der Waals surface area contributed by atoms with Gasteiger partial charge >= 0.3 is 0 Å². The van der Waals surface area contributed by atoms with E-state index in [1.165, 1.54) is 11.1 Å². The Bertz CT molecular complexity index is 712. The Morgan fingerprint density at radius 2 is 1.75 bits per heavy atom. The normalized spacial score (nSPS) is 32.2. The van der Waals surface area contributed by atoms with E-state index >= 15 is 0 Å². The topological polar surface area (TPSA) is 27.7 Å². The van der Waals surface area contributed by atoms with Crippen LogP contribution in [0.1, 0.15) is 30.6 Å². The van der Waals surface area contributed by atoms with E-state index in [0.717, 1.165) is 18.8 Å². The van der Waals surface area contributed by atoms with Gasteiger partial charge in [0.05, 0.1) is 25.4 Å². The zero-order chi connectivity index (χ0) is 16.8. The molecule has 24 heavy (non-hydrogen) atoms. The summed E-state index contributed by atoms with van der Waals surface area (Å²) in [6.07, 6.45) is 1.18. The number of benzene rings is 2. The maximum absolute atomic E-state index is 6.35. The molecule has 4 rings (SSSR count). The number of hydrogen-bond donors (Lipinski definition) is 0. The summed E-state index contributed by atoms with van der Waals surface area (Å²) < 4.78 is 17.7. The smallest absolute Gasteiger partial charge is 0.118 e. The molecule has 3 heteroatoms. The van der Waals surface area contributed by atoms with Gasteiger partial charge in [0.15, 0.2) is 0 Å². The first-order chi connectivity index (χ1) is 11.7. The predicted octanol–water partition coefficient (Wildman–Crippen LogP) is 4.33. The molecule has 2 aliphatic rings. The van der Waals surface area contributed by atoms with Gasteiger partial charge in [0.25, 0.3) is 0 Å². The minimum Gasteiger partial charge on any atom is -0.497 e. The van der Waals surface area contributed by atoms with Crippen LogP contribution in [0.25, 0.3) is 0 Å². The Balaban J connectivity index is 1.75. The third kappa shape index (κ3) is 2.04. The molecule has 4 atom stereocenters. The SMILES string of the molecule is COc1ccc([C@@]2(C)OC[C@H]3C[C@]32[C@@H](OC)c2ccccc2)cc1. The van der Waals surface area contributed by atoms with Crippen LogP contribution in [-0.4, -0.2) is 20.8 Å². The first kappa shape index (κ1) is 15.7. The number of fused-ring (bicyclic) bond motifs is 1. The molecule has 0 N–H and O–H groups in total. The molecule has 1 saturated heterocycles. The van der Waals surface area contributed by atoms with E-state index in [0.29, 0.717) is 5.92 Å². The maximum atomic E-state index is 6.35. The van der Waals surface area contributed by atoms with Crippen LogP contribution in [0.5, 0.6) is 5.75 Å². The van der Waals surface area contributed by atoms with E-state index in [1.54, 1.807) is 7.11 Å². The Labute approximate surface area is 143 Å². The molecule has 2 fully saturated rings. The lowest BCUT2D eigenvalue weighted by Crippen LogP contribution is -2.38. The van der Waals surface area contributed by atoms with E-state index in [4.69, 9.17) is 14.2 Å². The summed E-state index contributed by atoms with van der Waals surface area (Å²) in [5.41, 5.74) is 2.08. The lowest BCUT2D eigenvalue weighted by molar-refractivity contribution is -0.0976. The first-order valence-corrected chi connectivity index (χ1v) is 8.52. The van der Waals surface area contributed by atoms with Crippen molar-refractivity contribution in [3.63, 3.8) is 0 Å². The molecule has 1 heterocycles. The number of hydrogen-bond acceptors (Lipinski definition) is 3. The van der Waals surface area contributed by atoms with Gasteiger partial charge in [-0.3, -0.25) is 0 Å². The number of methoxy groups -OCH3 is 2. The van der Waals surface area contributed by atoms with Gasteiger partial charge in [0.1, 0.15) is 5.75 Å². The monoisotopic (exact) mass is 324 g/mol. The second-order valence-corrected chi connectivity index (χ2v) is 7.04.